The number of rotatable bonds is 1. The maximum atomic E-state index is 12.0. The van der Waals surface area contributed by atoms with Crippen LogP contribution in [0.4, 0.5) is 5.82 Å². The minimum absolute atomic E-state index is 0.0729. The smallest absolute Gasteiger partial charge is 0.259 e. The number of carbonyl (C=O) groups is 2. The average Bonchev–Trinajstić information content (AvgIpc) is 2.55. The number of carbonyl (C=O) groups excluding carboxylic acids is 2. The molecule has 2 heterocycles. The number of H-pyrrole nitrogens is 1. The normalized spacial score (nSPS) is 16.8. The Labute approximate surface area is 92.0 Å². The van der Waals surface area contributed by atoms with E-state index in [1.165, 1.54) is 11.1 Å². The van der Waals surface area contributed by atoms with Crippen molar-refractivity contribution >= 4 is 17.6 Å². The number of anilines is 1. The first-order valence-corrected chi connectivity index (χ1v) is 5.03. The minimum atomic E-state index is -0.261. The minimum Gasteiger partial charge on any atom is -0.383 e. The van der Waals surface area contributed by atoms with E-state index in [1.54, 1.807) is 0 Å². The van der Waals surface area contributed by atoms with Crippen molar-refractivity contribution in [2.24, 2.45) is 0 Å². The Morgan fingerprint density at radius 3 is 3.06 bits per heavy atom. The van der Waals surface area contributed by atoms with Gasteiger partial charge < -0.3 is 16.0 Å². The number of nitrogens with zero attached hydrogens (tertiary/aromatic N) is 2. The summed E-state index contributed by atoms with van der Waals surface area (Å²) in [6.45, 7) is 1.22. The Kier molecular flexibility index (Phi) is 2.76. The molecule has 1 aromatic heterocycles. The zero-order valence-electron chi connectivity index (χ0n) is 8.69. The number of nitrogens with two attached hydrogens (primary N) is 1. The van der Waals surface area contributed by atoms with E-state index in [4.69, 9.17) is 5.73 Å². The van der Waals surface area contributed by atoms with Crippen LogP contribution < -0.4 is 11.1 Å². The molecule has 0 aliphatic carbocycles. The monoisotopic (exact) mass is 223 g/mol. The van der Waals surface area contributed by atoms with Crippen molar-refractivity contribution in [3.8, 4) is 0 Å². The molecule has 0 radical (unpaired) electrons. The number of nitrogens with one attached hydrogen (secondary N) is 2. The van der Waals surface area contributed by atoms with Gasteiger partial charge in [0.2, 0.25) is 5.91 Å². The molecule has 2 rings (SSSR count). The summed E-state index contributed by atoms with van der Waals surface area (Å²) in [7, 11) is 0. The number of hydrogen-bond donors (Lipinski definition) is 3. The Morgan fingerprint density at radius 2 is 2.38 bits per heavy atom. The van der Waals surface area contributed by atoms with Gasteiger partial charge >= 0.3 is 0 Å². The highest BCUT2D eigenvalue weighted by molar-refractivity contribution is 5.99. The molecule has 0 saturated carbocycles. The lowest BCUT2D eigenvalue weighted by Crippen LogP contribution is -2.37. The molecule has 1 aliphatic heterocycles. The predicted molar refractivity (Wildman–Crippen MR) is 56.5 cm³/mol. The van der Waals surface area contributed by atoms with Gasteiger partial charge in [-0.15, -0.1) is 0 Å². The quantitative estimate of drug-likeness (QED) is 0.565. The highest BCUT2D eigenvalue weighted by atomic mass is 16.2. The van der Waals surface area contributed by atoms with E-state index in [9.17, 15) is 9.59 Å². The van der Waals surface area contributed by atoms with Gasteiger partial charge in [-0.25, -0.2) is 0 Å². The first kappa shape index (κ1) is 10.5. The second-order valence-corrected chi connectivity index (χ2v) is 3.63. The lowest BCUT2D eigenvalue weighted by Gasteiger charge is -2.18. The molecule has 0 bridgehead atoms. The molecule has 1 saturated heterocycles. The van der Waals surface area contributed by atoms with Crippen LogP contribution in [-0.4, -0.2) is 46.5 Å². The van der Waals surface area contributed by atoms with Crippen LogP contribution in [0.15, 0.2) is 6.20 Å². The van der Waals surface area contributed by atoms with Crippen LogP contribution in [0.25, 0.3) is 0 Å². The number of aromatic amines is 1. The van der Waals surface area contributed by atoms with E-state index in [-0.39, 0.29) is 24.2 Å². The molecule has 7 heteroatoms. The summed E-state index contributed by atoms with van der Waals surface area (Å²) in [5.41, 5.74) is 5.87. The molecule has 0 aromatic carbocycles. The van der Waals surface area contributed by atoms with Crippen molar-refractivity contribution in [3.05, 3.63) is 11.8 Å². The number of nitrogen functional groups attached to an aromatic ring is 1. The van der Waals surface area contributed by atoms with Gasteiger partial charge in [0.05, 0.1) is 12.7 Å². The second kappa shape index (κ2) is 4.21. The van der Waals surface area contributed by atoms with E-state index in [1.807, 2.05) is 0 Å². The number of aromatic nitrogens is 2. The Hall–Kier alpha value is -2.05. The van der Waals surface area contributed by atoms with Crippen molar-refractivity contribution in [3.63, 3.8) is 0 Å². The fourth-order valence-electron chi connectivity index (χ4n) is 1.62. The van der Waals surface area contributed by atoms with Crippen molar-refractivity contribution in [1.82, 2.24) is 20.4 Å². The second-order valence-electron chi connectivity index (χ2n) is 3.63. The van der Waals surface area contributed by atoms with Crippen LogP contribution >= 0.6 is 0 Å². The van der Waals surface area contributed by atoms with Gasteiger partial charge in [0, 0.05) is 13.1 Å². The molecule has 16 heavy (non-hydrogen) atoms. The van der Waals surface area contributed by atoms with Gasteiger partial charge in [0.25, 0.3) is 5.91 Å². The van der Waals surface area contributed by atoms with Gasteiger partial charge in [0.15, 0.2) is 0 Å². The van der Waals surface area contributed by atoms with Crippen molar-refractivity contribution in [2.45, 2.75) is 6.42 Å². The predicted octanol–water partition coefficient (Wildman–Crippen LogP) is -1.05. The fourth-order valence-corrected chi connectivity index (χ4v) is 1.62. The molecule has 1 fully saturated rings. The lowest BCUT2D eigenvalue weighted by atomic mass is 10.2. The van der Waals surface area contributed by atoms with Gasteiger partial charge in [-0.1, -0.05) is 0 Å². The SMILES string of the molecule is Nc1[nH]ncc1C(=O)N1CCCNC(=O)C1. The van der Waals surface area contributed by atoms with Crippen molar-refractivity contribution < 1.29 is 9.59 Å². The van der Waals surface area contributed by atoms with Crippen molar-refractivity contribution in [1.29, 1.82) is 0 Å². The third-order valence-electron chi connectivity index (χ3n) is 2.45. The highest BCUT2D eigenvalue weighted by Crippen LogP contribution is 2.11. The van der Waals surface area contributed by atoms with Gasteiger partial charge in [-0.05, 0) is 6.42 Å². The molecule has 86 valence electrons. The number of amides is 2. The molecular weight excluding hydrogens is 210 g/mol. The van der Waals surface area contributed by atoms with E-state index >= 15 is 0 Å². The maximum absolute atomic E-state index is 12.0. The van der Waals surface area contributed by atoms with E-state index in [0.717, 1.165) is 6.42 Å². The Bertz CT molecular complexity index is 414. The summed E-state index contributed by atoms with van der Waals surface area (Å²) >= 11 is 0. The molecule has 1 aromatic rings. The Balaban J connectivity index is 2.15. The summed E-state index contributed by atoms with van der Waals surface area (Å²) in [4.78, 5) is 24.8. The third kappa shape index (κ3) is 1.97. The van der Waals surface area contributed by atoms with Crippen LogP contribution in [0.2, 0.25) is 0 Å². The molecule has 0 unspecified atom stereocenters. The van der Waals surface area contributed by atoms with Crippen LogP contribution in [0.1, 0.15) is 16.8 Å². The van der Waals surface area contributed by atoms with E-state index in [0.29, 0.717) is 18.7 Å². The van der Waals surface area contributed by atoms with Gasteiger partial charge in [0.1, 0.15) is 11.4 Å². The molecule has 4 N–H and O–H groups in total. The molecule has 2 amide bonds. The fraction of sp³-hybridized carbons (Fsp3) is 0.444. The highest BCUT2D eigenvalue weighted by Gasteiger charge is 2.23. The molecular formula is C9H13N5O2. The standard InChI is InChI=1S/C9H13N5O2/c10-8-6(4-12-13-8)9(16)14-3-1-2-11-7(15)5-14/h4H,1-3,5H2,(H,11,15)(H3,10,12,13). The zero-order chi connectivity index (χ0) is 11.5. The topological polar surface area (TPSA) is 104 Å². The summed E-state index contributed by atoms with van der Waals surface area (Å²) in [5.74, 6) is -0.175. The molecule has 0 atom stereocenters. The summed E-state index contributed by atoms with van der Waals surface area (Å²) < 4.78 is 0. The van der Waals surface area contributed by atoms with Crippen LogP contribution in [0, 0.1) is 0 Å². The van der Waals surface area contributed by atoms with Crippen LogP contribution in [0.3, 0.4) is 0 Å². The number of hydrogen-bond acceptors (Lipinski definition) is 4. The summed E-state index contributed by atoms with van der Waals surface area (Å²) in [6.07, 6.45) is 2.12. The van der Waals surface area contributed by atoms with Crippen molar-refractivity contribution in [2.75, 3.05) is 25.4 Å². The molecule has 1 aliphatic rings. The largest absolute Gasteiger partial charge is 0.383 e. The first-order chi connectivity index (χ1) is 7.68. The van der Waals surface area contributed by atoms with Crippen LogP contribution in [0.5, 0.6) is 0 Å². The third-order valence-corrected chi connectivity index (χ3v) is 2.45. The average molecular weight is 223 g/mol. The van der Waals surface area contributed by atoms with E-state index < -0.39 is 0 Å². The summed E-state index contributed by atoms with van der Waals surface area (Å²) in [6, 6.07) is 0. The van der Waals surface area contributed by atoms with Gasteiger partial charge in [-0.2, -0.15) is 5.10 Å². The van der Waals surface area contributed by atoms with Gasteiger partial charge in [-0.3, -0.25) is 14.7 Å². The summed E-state index contributed by atoms with van der Waals surface area (Å²) in [5, 5.41) is 8.88. The lowest BCUT2D eigenvalue weighted by molar-refractivity contribution is -0.121. The zero-order valence-corrected chi connectivity index (χ0v) is 8.69. The van der Waals surface area contributed by atoms with Crippen LogP contribution in [-0.2, 0) is 4.79 Å². The first-order valence-electron chi connectivity index (χ1n) is 5.03. The van der Waals surface area contributed by atoms with E-state index in [2.05, 4.69) is 15.5 Å². The molecule has 7 nitrogen and oxygen atoms in total. The maximum Gasteiger partial charge on any atom is 0.259 e. The molecule has 0 spiro atoms. The Morgan fingerprint density at radius 1 is 1.56 bits per heavy atom.